The molecule has 0 fully saturated rings. The molecule has 0 saturated carbocycles. The molecular weight excluding hydrogens is 454 g/mol. The van der Waals surface area contributed by atoms with Crippen LogP contribution in [0, 0.1) is 0 Å². The monoisotopic (exact) mass is 483 g/mol. The maximum absolute atomic E-state index is 6.11. The fraction of sp³-hybridized carbons (Fsp3) is 0.121. The predicted octanol–water partition coefficient (Wildman–Crippen LogP) is 8.71. The van der Waals surface area contributed by atoms with E-state index < -0.39 is 0 Å². The van der Waals surface area contributed by atoms with Gasteiger partial charge >= 0.3 is 0 Å². The summed E-state index contributed by atoms with van der Waals surface area (Å²) in [6, 6.07) is 37.7. The fourth-order valence-corrected chi connectivity index (χ4v) is 4.59. The quantitative estimate of drug-likeness (QED) is 0.247. The van der Waals surface area contributed by atoms with Gasteiger partial charge in [0, 0.05) is 17.9 Å². The zero-order valence-electron chi connectivity index (χ0n) is 21.1. The van der Waals surface area contributed by atoms with Gasteiger partial charge in [-0.1, -0.05) is 68.4 Å². The highest BCUT2D eigenvalue weighted by atomic mass is 16.5. The van der Waals surface area contributed by atoms with Gasteiger partial charge in [-0.3, -0.25) is 4.57 Å². The van der Waals surface area contributed by atoms with E-state index in [-0.39, 0.29) is 0 Å². The SMILES string of the molecule is CC(C)c1ccc(CNc2ccc3c(c2)ncn3-c2ccc(Oc3ccc4ccccc4c3)cc2)cc1. The van der Waals surface area contributed by atoms with Gasteiger partial charge in [0.2, 0.25) is 0 Å². The lowest BCUT2D eigenvalue weighted by molar-refractivity contribution is 0.483. The maximum atomic E-state index is 6.11. The number of hydrogen-bond donors (Lipinski definition) is 1. The van der Waals surface area contributed by atoms with Gasteiger partial charge in [-0.05, 0) is 82.4 Å². The molecular formula is C33H29N3O. The summed E-state index contributed by atoms with van der Waals surface area (Å²) in [7, 11) is 0. The number of ether oxygens (including phenoxy) is 1. The highest BCUT2D eigenvalue weighted by Crippen LogP contribution is 2.28. The molecule has 0 aliphatic heterocycles. The Morgan fingerprint density at radius 2 is 1.51 bits per heavy atom. The third kappa shape index (κ3) is 4.91. The van der Waals surface area contributed by atoms with Crippen LogP contribution in [0.25, 0.3) is 27.5 Å². The van der Waals surface area contributed by atoms with Gasteiger partial charge in [0.25, 0.3) is 0 Å². The van der Waals surface area contributed by atoms with Gasteiger partial charge in [0.1, 0.15) is 17.8 Å². The molecule has 1 N–H and O–H groups in total. The number of rotatable bonds is 7. The van der Waals surface area contributed by atoms with Gasteiger partial charge in [0.05, 0.1) is 11.0 Å². The van der Waals surface area contributed by atoms with E-state index in [2.05, 4.69) is 108 Å². The standard InChI is InChI=1S/C33H29N3O/c1-23(2)25-9-7-24(8-10-25)21-34-28-12-18-33-32(20-28)35-22-36(33)29-13-16-30(17-14-29)37-31-15-11-26-5-3-4-6-27(26)19-31/h3-20,22-23,34H,21H2,1-2H3. The van der Waals surface area contributed by atoms with Crippen LogP contribution in [0.4, 0.5) is 5.69 Å². The summed E-state index contributed by atoms with van der Waals surface area (Å²) >= 11 is 0. The first-order valence-electron chi connectivity index (χ1n) is 12.7. The molecule has 0 spiro atoms. The lowest BCUT2D eigenvalue weighted by Gasteiger charge is -2.10. The van der Waals surface area contributed by atoms with Crippen LogP contribution in [-0.2, 0) is 6.54 Å². The van der Waals surface area contributed by atoms with E-state index in [4.69, 9.17) is 4.74 Å². The Morgan fingerprint density at radius 1 is 0.757 bits per heavy atom. The molecule has 0 saturated heterocycles. The van der Waals surface area contributed by atoms with Gasteiger partial charge in [-0.25, -0.2) is 4.98 Å². The number of aromatic nitrogens is 2. The van der Waals surface area contributed by atoms with E-state index in [1.165, 1.54) is 21.9 Å². The number of nitrogens with zero attached hydrogens (tertiary/aromatic N) is 2. The van der Waals surface area contributed by atoms with E-state index in [9.17, 15) is 0 Å². The Hall–Kier alpha value is -4.57. The molecule has 0 amide bonds. The summed E-state index contributed by atoms with van der Waals surface area (Å²) in [5.74, 6) is 2.18. The number of fused-ring (bicyclic) bond motifs is 2. The van der Waals surface area contributed by atoms with E-state index >= 15 is 0 Å². The molecule has 5 aromatic carbocycles. The van der Waals surface area contributed by atoms with Gasteiger partial charge in [0.15, 0.2) is 0 Å². The minimum atomic E-state index is 0.549. The molecule has 1 aromatic heterocycles. The van der Waals surface area contributed by atoms with Crippen molar-refractivity contribution in [1.29, 1.82) is 0 Å². The molecule has 0 aliphatic rings. The third-order valence-electron chi connectivity index (χ3n) is 6.76. The van der Waals surface area contributed by atoms with Crippen LogP contribution >= 0.6 is 0 Å². The largest absolute Gasteiger partial charge is 0.457 e. The molecule has 4 nitrogen and oxygen atoms in total. The normalized spacial score (nSPS) is 11.3. The Kier molecular flexibility index (Phi) is 6.07. The van der Waals surface area contributed by atoms with Crippen molar-refractivity contribution in [3.05, 3.63) is 127 Å². The molecule has 6 rings (SSSR count). The van der Waals surface area contributed by atoms with Crippen LogP contribution in [0.15, 0.2) is 116 Å². The van der Waals surface area contributed by atoms with Crippen molar-refractivity contribution >= 4 is 27.5 Å². The molecule has 0 aliphatic carbocycles. The molecule has 4 heteroatoms. The Morgan fingerprint density at radius 3 is 2.30 bits per heavy atom. The summed E-state index contributed by atoms with van der Waals surface area (Å²) in [6.45, 7) is 5.22. The first-order chi connectivity index (χ1) is 18.1. The average molecular weight is 484 g/mol. The fourth-order valence-electron chi connectivity index (χ4n) is 4.59. The molecule has 0 atom stereocenters. The van der Waals surface area contributed by atoms with E-state index in [0.29, 0.717) is 5.92 Å². The van der Waals surface area contributed by atoms with Gasteiger partial charge in [-0.2, -0.15) is 0 Å². The predicted molar refractivity (Wildman–Crippen MR) is 153 cm³/mol. The summed E-state index contributed by atoms with van der Waals surface area (Å²) in [6.07, 6.45) is 1.87. The Labute approximate surface area is 217 Å². The van der Waals surface area contributed by atoms with Crippen molar-refractivity contribution in [3.8, 4) is 17.2 Å². The van der Waals surface area contributed by atoms with Gasteiger partial charge in [-0.15, -0.1) is 0 Å². The molecule has 6 aromatic rings. The highest BCUT2D eigenvalue weighted by molar-refractivity contribution is 5.84. The molecule has 0 unspecified atom stereocenters. The zero-order chi connectivity index (χ0) is 25.2. The van der Waals surface area contributed by atoms with Crippen LogP contribution < -0.4 is 10.1 Å². The lowest BCUT2D eigenvalue weighted by atomic mass is 10.0. The zero-order valence-corrected chi connectivity index (χ0v) is 21.1. The Bertz CT molecular complexity index is 1660. The number of anilines is 1. The van der Waals surface area contributed by atoms with Crippen molar-refractivity contribution in [2.24, 2.45) is 0 Å². The van der Waals surface area contributed by atoms with Crippen molar-refractivity contribution in [3.63, 3.8) is 0 Å². The Balaban J connectivity index is 1.15. The number of benzene rings is 5. The van der Waals surface area contributed by atoms with Crippen molar-refractivity contribution < 1.29 is 4.74 Å². The summed E-state index contributed by atoms with van der Waals surface area (Å²) in [4.78, 5) is 4.65. The number of imidazole rings is 1. The molecule has 37 heavy (non-hydrogen) atoms. The second-order valence-electron chi connectivity index (χ2n) is 9.67. The summed E-state index contributed by atoms with van der Waals surface area (Å²) in [5.41, 5.74) is 6.75. The van der Waals surface area contributed by atoms with Crippen LogP contribution in [-0.4, -0.2) is 9.55 Å². The van der Waals surface area contributed by atoms with E-state index in [1.54, 1.807) is 0 Å². The topological polar surface area (TPSA) is 39.1 Å². The summed E-state index contributed by atoms with van der Waals surface area (Å²) < 4.78 is 8.21. The molecule has 0 radical (unpaired) electrons. The van der Waals surface area contributed by atoms with Crippen molar-refractivity contribution in [2.45, 2.75) is 26.3 Å². The van der Waals surface area contributed by atoms with Gasteiger partial charge < -0.3 is 10.1 Å². The lowest BCUT2D eigenvalue weighted by Crippen LogP contribution is -2.00. The van der Waals surface area contributed by atoms with E-state index in [1.807, 2.05) is 36.7 Å². The van der Waals surface area contributed by atoms with Crippen molar-refractivity contribution in [1.82, 2.24) is 9.55 Å². The minimum absolute atomic E-state index is 0.549. The van der Waals surface area contributed by atoms with Crippen LogP contribution in [0.1, 0.15) is 30.9 Å². The highest BCUT2D eigenvalue weighted by Gasteiger charge is 2.07. The maximum Gasteiger partial charge on any atom is 0.128 e. The second kappa shape index (κ2) is 9.82. The van der Waals surface area contributed by atoms with Crippen LogP contribution in [0.3, 0.4) is 0 Å². The molecule has 0 bridgehead atoms. The molecule has 182 valence electrons. The number of nitrogens with one attached hydrogen (secondary N) is 1. The van der Waals surface area contributed by atoms with E-state index in [0.717, 1.165) is 40.5 Å². The minimum Gasteiger partial charge on any atom is -0.457 e. The van der Waals surface area contributed by atoms with Crippen molar-refractivity contribution in [2.75, 3.05) is 5.32 Å². The third-order valence-corrected chi connectivity index (χ3v) is 6.76. The number of hydrogen-bond acceptors (Lipinski definition) is 3. The average Bonchev–Trinajstić information content (AvgIpc) is 3.36. The summed E-state index contributed by atoms with van der Waals surface area (Å²) in [5, 5.41) is 5.90. The first-order valence-corrected chi connectivity index (χ1v) is 12.7. The molecule has 1 heterocycles. The van der Waals surface area contributed by atoms with Crippen LogP contribution in [0.5, 0.6) is 11.5 Å². The smallest absolute Gasteiger partial charge is 0.128 e. The van der Waals surface area contributed by atoms with Crippen LogP contribution in [0.2, 0.25) is 0 Å². The first kappa shape index (κ1) is 22.9. The second-order valence-corrected chi connectivity index (χ2v) is 9.67.